The number of hydrogen-bond acceptors (Lipinski definition) is 2. The van der Waals surface area contributed by atoms with Crippen LogP contribution in [-0.4, -0.2) is 12.3 Å². The minimum Gasteiger partial charge on any atom is -0.309 e. The van der Waals surface area contributed by atoms with Crippen LogP contribution in [0.3, 0.4) is 0 Å². The monoisotopic (exact) mass is 249 g/mol. The van der Waals surface area contributed by atoms with Gasteiger partial charge in [0.15, 0.2) is 0 Å². The Morgan fingerprint density at radius 3 is 2.00 bits per heavy atom. The maximum atomic E-state index is 3.68. The molecule has 1 aliphatic carbocycles. The van der Waals surface area contributed by atoms with Crippen molar-refractivity contribution in [3.05, 3.63) is 29.8 Å². The van der Waals surface area contributed by atoms with E-state index in [4.69, 9.17) is 0 Å². The number of thioether (sulfide) groups is 1. The van der Waals surface area contributed by atoms with Crippen LogP contribution < -0.4 is 5.32 Å². The molecule has 0 bridgehead atoms. The highest BCUT2D eigenvalue weighted by Crippen LogP contribution is 2.62. The molecule has 0 saturated heterocycles. The molecule has 2 rings (SSSR count). The third-order valence-electron chi connectivity index (χ3n) is 4.69. The summed E-state index contributed by atoms with van der Waals surface area (Å²) in [5.41, 5.74) is 2.22. The van der Waals surface area contributed by atoms with Gasteiger partial charge in [0.05, 0.1) is 0 Å². The maximum absolute atomic E-state index is 3.68. The molecule has 2 heteroatoms. The van der Waals surface area contributed by atoms with Crippen LogP contribution in [0.5, 0.6) is 0 Å². The predicted molar refractivity (Wildman–Crippen MR) is 76.4 cm³/mol. The van der Waals surface area contributed by atoms with E-state index in [0.717, 1.165) is 6.54 Å². The molecular formula is C15H23NS. The fraction of sp³-hybridized carbons (Fsp3) is 0.600. The van der Waals surface area contributed by atoms with Gasteiger partial charge < -0.3 is 5.32 Å². The Labute approximate surface area is 109 Å². The van der Waals surface area contributed by atoms with Crippen LogP contribution in [-0.2, 0) is 6.54 Å². The second-order valence-electron chi connectivity index (χ2n) is 6.11. The summed E-state index contributed by atoms with van der Waals surface area (Å²) in [6.45, 7) is 10.4. The Morgan fingerprint density at radius 2 is 1.59 bits per heavy atom. The van der Waals surface area contributed by atoms with Gasteiger partial charge in [-0.2, -0.15) is 0 Å². The molecule has 1 saturated carbocycles. The summed E-state index contributed by atoms with van der Waals surface area (Å²) in [4.78, 5) is 1.33. The summed E-state index contributed by atoms with van der Waals surface area (Å²) in [6, 6.07) is 9.48. The molecule has 94 valence electrons. The largest absolute Gasteiger partial charge is 0.309 e. The Hall–Kier alpha value is -0.470. The zero-order valence-corrected chi connectivity index (χ0v) is 12.3. The molecule has 0 spiro atoms. The summed E-state index contributed by atoms with van der Waals surface area (Å²) in [6.07, 6.45) is 2.11. The van der Waals surface area contributed by atoms with Crippen LogP contribution in [0.1, 0.15) is 33.3 Å². The molecular weight excluding hydrogens is 226 g/mol. The highest BCUT2D eigenvalue weighted by atomic mass is 32.2. The van der Waals surface area contributed by atoms with Crippen molar-refractivity contribution in [1.82, 2.24) is 5.32 Å². The van der Waals surface area contributed by atoms with Crippen molar-refractivity contribution in [3.63, 3.8) is 0 Å². The number of hydrogen-bond donors (Lipinski definition) is 1. The molecule has 0 unspecified atom stereocenters. The van der Waals surface area contributed by atoms with E-state index in [2.05, 4.69) is 63.5 Å². The highest BCUT2D eigenvalue weighted by Gasteiger charge is 2.64. The zero-order chi connectivity index (χ0) is 12.7. The van der Waals surface area contributed by atoms with E-state index in [1.807, 2.05) is 0 Å². The van der Waals surface area contributed by atoms with Gasteiger partial charge >= 0.3 is 0 Å². The van der Waals surface area contributed by atoms with Gasteiger partial charge in [-0.3, -0.25) is 0 Å². The van der Waals surface area contributed by atoms with Gasteiger partial charge in [-0.05, 0) is 34.8 Å². The molecule has 0 aliphatic heterocycles. The molecule has 1 fully saturated rings. The van der Waals surface area contributed by atoms with Crippen molar-refractivity contribution in [3.8, 4) is 0 Å². The van der Waals surface area contributed by atoms with E-state index in [9.17, 15) is 0 Å². The third kappa shape index (κ3) is 2.25. The number of nitrogens with one attached hydrogen (secondary N) is 1. The lowest BCUT2D eigenvalue weighted by molar-refractivity contribution is 0.457. The van der Waals surface area contributed by atoms with Gasteiger partial charge in [0.25, 0.3) is 0 Å². The zero-order valence-electron chi connectivity index (χ0n) is 11.5. The first-order chi connectivity index (χ1) is 7.89. The quantitative estimate of drug-likeness (QED) is 0.811. The Kier molecular flexibility index (Phi) is 3.30. The minimum absolute atomic E-state index is 0.423. The Balaban J connectivity index is 1.91. The van der Waals surface area contributed by atoms with Crippen LogP contribution >= 0.6 is 11.8 Å². The van der Waals surface area contributed by atoms with Gasteiger partial charge in [-0.25, -0.2) is 0 Å². The van der Waals surface area contributed by atoms with Crippen molar-refractivity contribution < 1.29 is 0 Å². The minimum atomic E-state index is 0.423. The molecule has 0 radical (unpaired) electrons. The second kappa shape index (κ2) is 4.33. The molecule has 1 nitrogen and oxygen atoms in total. The fourth-order valence-corrected chi connectivity index (χ4v) is 3.08. The molecule has 1 aromatic carbocycles. The Bertz CT molecular complexity index is 378. The average Bonchev–Trinajstić information content (AvgIpc) is 2.68. The van der Waals surface area contributed by atoms with Crippen LogP contribution in [0.25, 0.3) is 0 Å². The molecule has 1 N–H and O–H groups in total. The van der Waals surface area contributed by atoms with E-state index >= 15 is 0 Å². The molecule has 0 amide bonds. The van der Waals surface area contributed by atoms with Gasteiger partial charge in [0.2, 0.25) is 0 Å². The van der Waals surface area contributed by atoms with Crippen LogP contribution in [0.4, 0.5) is 0 Å². The standard InChI is InChI=1S/C15H23NS/c1-14(2)13(15(14,3)4)16-10-11-6-8-12(17-5)9-7-11/h6-9,13,16H,10H2,1-5H3. The first kappa shape index (κ1) is 13.0. The first-order valence-electron chi connectivity index (χ1n) is 6.26. The smallest absolute Gasteiger partial charge is 0.0208 e. The van der Waals surface area contributed by atoms with Crippen LogP contribution in [0.2, 0.25) is 0 Å². The number of rotatable bonds is 4. The molecule has 1 aromatic rings. The van der Waals surface area contributed by atoms with E-state index in [-0.39, 0.29) is 0 Å². The normalized spacial score (nSPS) is 21.5. The van der Waals surface area contributed by atoms with E-state index in [1.165, 1.54) is 10.5 Å². The fourth-order valence-electron chi connectivity index (χ4n) is 2.67. The predicted octanol–water partition coefficient (Wildman–Crippen LogP) is 3.93. The lowest BCUT2D eigenvalue weighted by atomic mass is 10.0. The van der Waals surface area contributed by atoms with Crippen molar-refractivity contribution in [2.45, 2.75) is 45.2 Å². The molecule has 0 heterocycles. The highest BCUT2D eigenvalue weighted by molar-refractivity contribution is 7.98. The average molecular weight is 249 g/mol. The van der Waals surface area contributed by atoms with Crippen LogP contribution in [0.15, 0.2) is 29.2 Å². The van der Waals surface area contributed by atoms with Gasteiger partial charge in [-0.15, -0.1) is 11.8 Å². The SMILES string of the molecule is CSc1ccc(CNC2C(C)(C)C2(C)C)cc1. The second-order valence-corrected chi connectivity index (χ2v) is 6.99. The van der Waals surface area contributed by atoms with Crippen LogP contribution in [0, 0.1) is 10.8 Å². The lowest BCUT2D eigenvalue weighted by Crippen LogP contribution is -2.21. The maximum Gasteiger partial charge on any atom is 0.0208 e. The van der Waals surface area contributed by atoms with Crippen molar-refractivity contribution in [2.75, 3.05) is 6.26 Å². The van der Waals surface area contributed by atoms with Crippen molar-refractivity contribution in [2.24, 2.45) is 10.8 Å². The van der Waals surface area contributed by atoms with Crippen molar-refractivity contribution >= 4 is 11.8 Å². The van der Waals surface area contributed by atoms with Gasteiger partial charge in [-0.1, -0.05) is 39.8 Å². The van der Waals surface area contributed by atoms with Gasteiger partial charge in [0.1, 0.15) is 0 Å². The summed E-state index contributed by atoms with van der Waals surface area (Å²) in [5, 5.41) is 3.68. The van der Waals surface area contributed by atoms with E-state index in [1.54, 1.807) is 11.8 Å². The van der Waals surface area contributed by atoms with E-state index < -0.39 is 0 Å². The summed E-state index contributed by atoms with van der Waals surface area (Å²) in [5.74, 6) is 0. The summed E-state index contributed by atoms with van der Waals surface area (Å²) in [7, 11) is 0. The molecule has 0 atom stereocenters. The lowest BCUT2D eigenvalue weighted by Gasteiger charge is -2.07. The molecule has 1 aliphatic rings. The molecule has 17 heavy (non-hydrogen) atoms. The van der Waals surface area contributed by atoms with E-state index in [0.29, 0.717) is 16.9 Å². The number of benzene rings is 1. The summed E-state index contributed by atoms with van der Waals surface area (Å²) >= 11 is 1.79. The topological polar surface area (TPSA) is 12.0 Å². The first-order valence-corrected chi connectivity index (χ1v) is 7.48. The Morgan fingerprint density at radius 1 is 1.06 bits per heavy atom. The third-order valence-corrected chi connectivity index (χ3v) is 5.43. The van der Waals surface area contributed by atoms with Crippen molar-refractivity contribution in [1.29, 1.82) is 0 Å². The molecule has 0 aromatic heterocycles. The summed E-state index contributed by atoms with van der Waals surface area (Å²) < 4.78 is 0. The van der Waals surface area contributed by atoms with Gasteiger partial charge in [0, 0.05) is 17.5 Å².